The first kappa shape index (κ1) is 16.8. The van der Waals surface area contributed by atoms with Gasteiger partial charge in [-0.1, -0.05) is 0 Å². The van der Waals surface area contributed by atoms with Crippen LogP contribution in [0.25, 0.3) is 0 Å². The fourth-order valence-electron chi connectivity index (χ4n) is 3.57. The summed E-state index contributed by atoms with van der Waals surface area (Å²) in [5.41, 5.74) is -0.905. The van der Waals surface area contributed by atoms with Crippen molar-refractivity contribution in [3.05, 3.63) is 17.5 Å². The van der Waals surface area contributed by atoms with E-state index in [9.17, 15) is 23.5 Å². The molecule has 2 atom stereocenters. The molecule has 3 heterocycles. The van der Waals surface area contributed by atoms with Crippen LogP contribution in [0.1, 0.15) is 42.0 Å². The number of amides is 2. The van der Waals surface area contributed by atoms with E-state index >= 15 is 0 Å². The summed E-state index contributed by atoms with van der Waals surface area (Å²) in [6.07, 6.45) is 0.675. The first-order valence-electron chi connectivity index (χ1n) is 7.95. The van der Waals surface area contributed by atoms with E-state index in [-0.39, 0.29) is 36.8 Å². The number of aliphatic hydroxyl groups is 1. The third-order valence-electron chi connectivity index (χ3n) is 4.93. The molecule has 2 N–H and O–H groups in total. The number of aryl methyl sites for hydroxylation is 1. The first-order valence-corrected chi connectivity index (χ1v) is 7.95. The highest BCUT2D eigenvalue weighted by Gasteiger charge is 2.50. The zero-order valence-electron chi connectivity index (χ0n) is 13.3. The highest BCUT2D eigenvalue weighted by Crippen LogP contribution is 2.37. The number of carbonyl (C=O) groups is 2. The van der Waals surface area contributed by atoms with Crippen LogP contribution < -0.4 is 5.32 Å². The fourth-order valence-corrected chi connectivity index (χ4v) is 3.57. The second-order valence-electron chi connectivity index (χ2n) is 6.44. The van der Waals surface area contributed by atoms with Crippen LogP contribution in [0.15, 0.2) is 6.07 Å². The molecule has 2 aliphatic heterocycles. The van der Waals surface area contributed by atoms with Gasteiger partial charge in [0.15, 0.2) is 5.69 Å². The fraction of sp³-hybridized carbons (Fsp3) is 0.667. The Balaban J connectivity index is 1.83. The SMILES string of the molecule is Cc1cc(C(=O)N2CC[C@@H](O)[C@@]3(CCCNC3=O)C2)nn1C(F)F. The predicted molar refractivity (Wildman–Crippen MR) is 79.4 cm³/mol. The maximum Gasteiger partial charge on any atom is 0.333 e. The molecule has 9 heteroatoms. The number of piperidine rings is 2. The maximum atomic E-state index is 12.8. The molecule has 0 aromatic carbocycles. The summed E-state index contributed by atoms with van der Waals surface area (Å²) in [6, 6.07) is 1.31. The standard InChI is InChI=1S/C15H20F2N4O3/c1-9-7-10(19-21(9)14(16)17)12(23)20-6-3-11(22)15(8-20)4-2-5-18-13(15)24/h7,11,14,22H,2-6,8H2,1H3,(H,18,24)/t11-,15-/m1/s1. The normalized spacial score (nSPS) is 27.6. The number of hydrogen-bond donors (Lipinski definition) is 2. The van der Waals surface area contributed by atoms with E-state index in [0.29, 0.717) is 17.6 Å². The van der Waals surface area contributed by atoms with Crippen LogP contribution >= 0.6 is 0 Å². The van der Waals surface area contributed by atoms with E-state index in [1.54, 1.807) is 0 Å². The molecule has 1 spiro atoms. The van der Waals surface area contributed by atoms with E-state index in [2.05, 4.69) is 10.4 Å². The van der Waals surface area contributed by atoms with Gasteiger partial charge in [-0.3, -0.25) is 9.59 Å². The Hall–Kier alpha value is -2.03. The van der Waals surface area contributed by atoms with E-state index in [0.717, 1.165) is 6.42 Å². The summed E-state index contributed by atoms with van der Waals surface area (Å²) < 4.78 is 26.1. The second-order valence-corrected chi connectivity index (χ2v) is 6.44. The van der Waals surface area contributed by atoms with Crippen LogP contribution in [0.2, 0.25) is 0 Å². The average Bonchev–Trinajstić information content (AvgIpc) is 2.94. The molecule has 1 aromatic heterocycles. The lowest BCUT2D eigenvalue weighted by atomic mass is 9.71. The summed E-state index contributed by atoms with van der Waals surface area (Å²) in [7, 11) is 0. The number of alkyl halides is 2. The molecule has 2 fully saturated rings. The number of hydrogen-bond acceptors (Lipinski definition) is 4. The summed E-state index contributed by atoms with van der Waals surface area (Å²) in [5.74, 6) is -0.754. The van der Waals surface area contributed by atoms with E-state index < -0.39 is 24.0 Å². The topological polar surface area (TPSA) is 87.5 Å². The van der Waals surface area contributed by atoms with Crippen molar-refractivity contribution in [3.63, 3.8) is 0 Å². The molecule has 2 saturated heterocycles. The van der Waals surface area contributed by atoms with Gasteiger partial charge in [0.25, 0.3) is 5.91 Å². The molecule has 24 heavy (non-hydrogen) atoms. The third kappa shape index (κ3) is 2.66. The number of rotatable bonds is 2. The second kappa shape index (κ2) is 6.12. The van der Waals surface area contributed by atoms with Crippen molar-refractivity contribution in [1.82, 2.24) is 20.0 Å². The van der Waals surface area contributed by atoms with Crippen LogP contribution in [0.3, 0.4) is 0 Å². The Labute approximate surface area is 137 Å². The highest BCUT2D eigenvalue weighted by molar-refractivity contribution is 5.93. The van der Waals surface area contributed by atoms with Gasteiger partial charge in [0, 0.05) is 25.3 Å². The number of aromatic nitrogens is 2. The molecule has 2 aliphatic rings. The molecule has 0 unspecified atom stereocenters. The van der Waals surface area contributed by atoms with Crippen LogP contribution in [0, 0.1) is 12.3 Å². The number of carbonyl (C=O) groups excluding carboxylic acids is 2. The molecule has 0 bridgehead atoms. The third-order valence-corrected chi connectivity index (χ3v) is 4.93. The number of nitrogens with one attached hydrogen (secondary N) is 1. The molecule has 0 saturated carbocycles. The molecule has 132 valence electrons. The van der Waals surface area contributed by atoms with E-state index in [4.69, 9.17) is 0 Å². The maximum absolute atomic E-state index is 12.8. The van der Waals surface area contributed by atoms with E-state index in [1.165, 1.54) is 17.9 Å². The average molecular weight is 342 g/mol. The molecule has 0 aliphatic carbocycles. The molecule has 2 amide bonds. The van der Waals surface area contributed by atoms with Crippen molar-refractivity contribution in [2.45, 2.75) is 38.8 Å². The van der Waals surface area contributed by atoms with Gasteiger partial charge in [0.2, 0.25) is 5.91 Å². The molecular weight excluding hydrogens is 322 g/mol. The molecule has 1 aromatic rings. The Morgan fingerprint density at radius 1 is 1.54 bits per heavy atom. The lowest BCUT2D eigenvalue weighted by Crippen LogP contribution is -2.62. The van der Waals surface area contributed by atoms with Crippen molar-refractivity contribution in [2.75, 3.05) is 19.6 Å². The molecule has 7 nitrogen and oxygen atoms in total. The van der Waals surface area contributed by atoms with Gasteiger partial charge >= 0.3 is 6.55 Å². The zero-order valence-corrected chi connectivity index (χ0v) is 13.3. The quantitative estimate of drug-likeness (QED) is 0.828. The van der Waals surface area contributed by atoms with Crippen molar-refractivity contribution >= 4 is 11.8 Å². The Bertz CT molecular complexity index is 663. The van der Waals surface area contributed by atoms with Crippen LogP contribution in [-0.2, 0) is 4.79 Å². The molecular formula is C15H20F2N4O3. The van der Waals surface area contributed by atoms with Gasteiger partial charge in [0.1, 0.15) is 0 Å². The lowest BCUT2D eigenvalue weighted by Gasteiger charge is -2.46. The van der Waals surface area contributed by atoms with Crippen molar-refractivity contribution in [3.8, 4) is 0 Å². The van der Waals surface area contributed by atoms with Gasteiger partial charge in [-0.2, -0.15) is 13.9 Å². The summed E-state index contributed by atoms with van der Waals surface area (Å²) >= 11 is 0. The number of nitrogens with zero attached hydrogens (tertiary/aromatic N) is 3. The number of aliphatic hydroxyl groups excluding tert-OH is 1. The van der Waals surface area contributed by atoms with Gasteiger partial charge < -0.3 is 15.3 Å². The molecule has 3 rings (SSSR count). The van der Waals surface area contributed by atoms with Gasteiger partial charge in [-0.25, -0.2) is 4.68 Å². The van der Waals surface area contributed by atoms with Crippen molar-refractivity contribution < 1.29 is 23.5 Å². The monoisotopic (exact) mass is 342 g/mol. The van der Waals surface area contributed by atoms with Crippen molar-refractivity contribution in [1.29, 1.82) is 0 Å². The highest BCUT2D eigenvalue weighted by atomic mass is 19.3. The first-order chi connectivity index (χ1) is 11.3. The Kier molecular flexibility index (Phi) is 4.29. The van der Waals surface area contributed by atoms with Crippen LogP contribution in [-0.4, -0.2) is 57.3 Å². The number of halogens is 2. The minimum atomic E-state index is -2.81. The largest absolute Gasteiger partial charge is 0.392 e. The van der Waals surface area contributed by atoms with Gasteiger partial charge in [0.05, 0.1) is 11.5 Å². The minimum Gasteiger partial charge on any atom is -0.392 e. The predicted octanol–water partition coefficient (Wildman–Crippen LogP) is 0.690. The minimum absolute atomic E-state index is 0.0689. The molecule has 0 radical (unpaired) electrons. The smallest absolute Gasteiger partial charge is 0.333 e. The van der Waals surface area contributed by atoms with Crippen LogP contribution in [0.5, 0.6) is 0 Å². The van der Waals surface area contributed by atoms with Gasteiger partial charge in [-0.05, 0) is 32.3 Å². The summed E-state index contributed by atoms with van der Waals surface area (Å²) in [4.78, 5) is 26.4. The van der Waals surface area contributed by atoms with Crippen LogP contribution in [0.4, 0.5) is 8.78 Å². The summed E-state index contributed by atoms with van der Waals surface area (Å²) in [6.45, 7) is -0.481. The summed E-state index contributed by atoms with van der Waals surface area (Å²) in [5, 5.41) is 16.7. The van der Waals surface area contributed by atoms with E-state index in [1.807, 2.05) is 0 Å². The van der Waals surface area contributed by atoms with Crippen molar-refractivity contribution in [2.24, 2.45) is 5.41 Å². The number of likely N-dealkylation sites (tertiary alicyclic amines) is 1. The Morgan fingerprint density at radius 2 is 2.29 bits per heavy atom. The zero-order chi connectivity index (χ0) is 17.5. The van der Waals surface area contributed by atoms with Gasteiger partial charge in [-0.15, -0.1) is 0 Å². The lowest BCUT2D eigenvalue weighted by molar-refractivity contribution is -0.147. The Morgan fingerprint density at radius 3 is 2.92 bits per heavy atom.